The molecule has 1 aliphatic heterocycles. The fraction of sp³-hybridized carbons (Fsp3) is 0.211. The van der Waals surface area contributed by atoms with Crippen molar-refractivity contribution in [2.24, 2.45) is 0 Å². The zero-order chi connectivity index (χ0) is 19.6. The second-order valence-electron chi connectivity index (χ2n) is 6.32. The van der Waals surface area contributed by atoms with Crippen LogP contribution in [0.3, 0.4) is 0 Å². The van der Waals surface area contributed by atoms with Crippen LogP contribution in [0.1, 0.15) is 17.9 Å². The van der Waals surface area contributed by atoms with Gasteiger partial charge in [0.05, 0.1) is 5.92 Å². The molecule has 0 spiro atoms. The van der Waals surface area contributed by atoms with E-state index < -0.39 is 11.7 Å². The number of benzene rings is 2. The Morgan fingerprint density at radius 3 is 2.74 bits per heavy atom. The summed E-state index contributed by atoms with van der Waals surface area (Å²) < 4.78 is 13.4. The highest BCUT2D eigenvalue weighted by Crippen LogP contribution is 2.34. The van der Waals surface area contributed by atoms with Gasteiger partial charge in [0, 0.05) is 36.8 Å². The second kappa shape index (κ2) is 7.79. The lowest BCUT2D eigenvalue weighted by molar-refractivity contribution is -0.123. The standard InChI is InChI=1S/C19H18FN3O3S/c1-23(2)19(26)27-13-5-3-4-12(9-13)21-18(25)15-10-17(24)22-16-8-11(20)6-7-14(15)16/h3-9,15H,10H2,1-2H3,(H,21,25)(H,22,24)/t15-/m1/s1. The Hall–Kier alpha value is -2.87. The first-order valence-electron chi connectivity index (χ1n) is 8.23. The zero-order valence-electron chi connectivity index (χ0n) is 14.8. The summed E-state index contributed by atoms with van der Waals surface area (Å²) in [6.45, 7) is 0. The first-order valence-corrected chi connectivity index (χ1v) is 9.04. The maximum Gasteiger partial charge on any atom is 0.285 e. The van der Waals surface area contributed by atoms with Gasteiger partial charge in [-0.05, 0) is 47.7 Å². The third kappa shape index (κ3) is 4.46. The molecular formula is C19H18FN3O3S. The molecule has 1 atom stereocenters. The number of halogens is 1. The average molecular weight is 387 g/mol. The summed E-state index contributed by atoms with van der Waals surface area (Å²) in [5, 5.41) is 5.24. The van der Waals surface area contributed by atoms with Crippen molar-refractivity contribution < 1.29 is 18.8 Å². The van der Waals surface area contributed by atoms with Crippen molar-refractivity contribution in [1.82, 2.24) is 4.90 Å². The van der Waals surface area contributed by atoms with E-state index in [1.807, 2.05) is 0 Å². The van der Waals surface area contributed by atoms with Gasteiger partial charge in [0.2, 0.25) is 11.8 Å². The van der Waals surface area contributed by atoms with E-state index in [4.69, 9.17) is 0 Å². The Morgan fingerprint density at radius 1 is 1.22 bits per heavy atom. The highest BCUT2D eigenvalue weighted by Gasteiger charge is 2.31. The monoisotopic (exact) mass is 387 g/mol. The lowest BCUT2D eigenvalue weighted by Crippen LogP contribution is -2.30. The summed E-state index contributed by atoms with van der Waals surface area (Å²) in [4.78, 5) is 38.6. The number of fused-ring (bicyclic) bond motifs is 1. The minimum absolute atomic E-state index is 0.0159. The van der Waals surface area contributed by atoms with Crippen LogP contribution in [-0.2, 0) is 9.59 Å². The van der Waals surface area contributed by atoms with Crippen LogP contribution < -0.4 is 10.6 Å². The van der Waals surface area contributed by atoms with Crippen LogP contribution in [0.15, 0.2) is 47.4 Å². The Bertz CT molecular complexity index is 917. The summed E-state index contributed by atoms with van der Waals surface area (Å²) >= 11 is 1.05. The van der Waals surface area contributed by atoms with Crippen LogP contribution >= 0.6 is 11.8 Å². The number of anilines is 2. The number of thioether (sulfide) groups is 1. The number of rotatable bonds is 3. The largest absolute Gasteiger partial charge is 0.339 e. The van der Waals surface area contributed by atoms with Crippen LogP contribution in [0.4, 0.5) is 20.6 Å². The summed E-state index contributed by atoms with van der Waals surface area (Å²) in [5.74, 6) is -1.90. The third-order valence-corrected chi connectivity index (χ3v) is 5.07. The van der Waals surface area contributed by atoms with Gasteiger partial charge in [0.25, 0.3) is 5.24 Å². The minimum atomic E-state index is -0.714. The Labute approximate surface area is 160 Å². The molecule has 0 aromatic heterocycles. The van der Waals surface area contributed by atoms with E-state index in [-0.39, 0.29) is 23.5 Å². The number of nitrogens with zero attached hydrogens (tertiary/aromatic N) is 1. The van der Waals surface area contributed by atoms with Gasteiger partial charge in [0.1, 0.15) is 5.82 Å². The van der Waals surface area contributed by atoms with Crippen LogP contribution in [0, 0.1) is 5.82 Å². The summed E-state index contributed by atoms with van der Waals surface area (Å²) in [5.41, 5.74) is 1.40. The second-order valence-corrected chi connectivity index (χ2v) is 7.34. The molecule has 2 aromatic carbocycles. The van der Waals surface area contributed by atoms with Crippen molar-refractivity contribution in [3.05, 3.63) is 53.8 Å². The van der Waals surface area contributed by atoms with Gasteiger partial charge >= 0.3 is 0 Å². The van der Waals surface area contributed by atoms with Crippen LogP contribution in [-0.4, -0.2) is 36.0 Å². The lowest BCUT2D eigenvalue weighted by atomic mass is 9.89. The fourth-order valence-corrected chi connectivity index (χ4v) is 3.45. The molecule has 0 radical (unpaired) electrons. The number of carbonyl (C=O) groups is 3. The lowest BCUT2D eigenvalue weighted by Gasteiger charge is -2.25. The molecule has 0 unspecified atom stereocenters. The minimum Gasteiger partial charge on any atom is -0.339 e. The van der Waals surface area contributed by atoms with E-state index in [1.54, 1.807) is 38.4 Å². The molecule has 0 saturated heterocycles. The molecule has 3 rings (SSSR count). The molecular weight excluding hydrogens is 369 g/mol. The predicted molar refractivity (Wildman–Crippen MR) is 102 cm³/mol. The van der Waals surface area contributed by atoms with Gasteiger partial charge in [0.15, 0.2) is 0 Å². The molecule has 0 fully saturated rings. The van der Waals surface area contributed by atoms with Gasteiger partial charge < -0.3 is 15.5 Å². The van der Waals surface area contributed by atoms with Crippen molar-refractivity contribution in [2.45, 2.75) is 17.2 Å². The van der Waals surface area contributed by atoms with E-state index in [1.165, 1.54) is 23.1 Å². The number of carbonyl (C=O) groups excluding carboxylic acids is 3. The number of hydrogen-bond donors (Lipinski definition) is 2. The first kappa shape index (κ1) is 18.9. The first-order chi connectivity index (χ1) is 12.8. The smallest absolute Gasteiger partial charge is 0.285 e. The molecule has 27 heavy (non-hydrogen) atoms. The van der Waals surface area contributed by atoms with Gasteiger partial charge in [-0.2, -0.15) is 0 Å². The molecule has 1 aliphatic rings. The molecule has 0 bridgehead atoms. The van der Waals surface area contributed by atoms with Crippen LogP contribution in [0.25, 0.3) is 0 Å². The van der Waals surface area contributed by atoms with E-state index >= 15 is 0 Å². The highest BCUT2D eigenvalue weighted by molar-refractivity contribution is 8.13. The van der Waals surface area contributed by atoms with Gasteiger partial charge in [-0.3, -0.25) is 14.4 Å². The van der Waals surface area contributed by atoms with Crippen molar-refractivity contribution in [3.63, 3.8) is 0 Å². The normalized spacial score (nSPS) is 15.5. The highest BCUT2D eigenvalue weighted by atomic mass is 32.2. The number of nitrogens with one attached hydrogen (secondary N) is 2. The number of hydrogen-bond acceptors (Lipinski definition) is 4. The molecule has 0 saturated carbocycles. The summed E-state index contributed by atoms with van der Waals surface area (Å²) in [7, 11) is 3.32. The maximum atomic E-state index is 13.4. The fourth-order valence-electron chi connectivity index (χ4n) is 2.73. The van der Waals surface area contributed by atoms with E-state index in [0.717, 1.165) is 11.8 Å². The third-order valence-electron chi connectivity index (χ3n) is 4.04. The van der Waals surface area contributed by atoms with Crippen molar-refractivity contribution in [3.8, 4) is 0 Å². The molecule has 140 valence electrons. The molecule has 3 amide bonds. The number of amides is 3. The Kier molecular flexibility index (Phi) is 5.46. The quantitative estimate of drug-likeness (QED) is 0.788. The topological polar surface area (TPSA) is 78.5 Å². The Morgan fingerprint density at radius 2 is 2.00 bits per heavy atom. The molecule has 2 aromatic rings. The van der Waals surface area contributed by atoms with Crippen molar-refractivity contribution >= 4 is 40.2 Å². The van der Waals surface area contributed by atoms with Crippen LogP contribution in [0.2, 0.25) is 0 Å². The van der Waals surface area contributed by atoms with Gasteiger partial charge in [-0.15, -0.1) is 0 Å². The van der Waals surface area contributed by atoms with E-state index in [2.05, 4.69) is 10.6 Å². The average Bonchev–Trinajstić information content (AvgIpc) is 2.60. The van der Waals surface area contributed by atoms with E-state index in [0.29, 0.717) is 21.8 Å². The molecule has 8 heteroatoms. The SMILES string of the molecule is CN(C)C(=O)Sc1cccc(NC(=O)[C@@H]2CC(=O)Nc3cc(F)ccc32)c1. The van der Waals surface area contributed by atoms with Crippen molar-refractivity contribution in [2.75, 3.05) is 24.7 Å². The van der Waals surface area contributed by atoms with Gasteiger partial charge in [-0.1, -0.05) is 12.1 Å². The van der Waals surface area contributed by atoms with Crippen LogP contribution in [0.5, 0.6) is 0 Å². The molecule has 0 aliphatic carbocycles. The Balaban J connectivity index is 1.78. The van der Waals surface area contributed by atoms with Crippen molar-refractivity contribution in [1.29, 1.82) is 0 Å². The molecule has 6 nitrogen and oxygen atoms in total. The molecule has 2 N–H and O–H groups in total. The van der Waals surface area contributed by atoms with E-state index in [9.17, 15) is 18.8 Å². The zero-order valence-corrected chi connectivity index (χ0v) is 15.6. The molecule has 1 heterocycles. The van der Waals surface area contributed by atoms with Gasteiger partial charge in [-0.25, -0.2) is 4.39 Å². The predicted octanol–water partition coefficient (Wildman–Crippen LogP) is 3.66. The maximum absolute atomic E-state index is 13.4. The summed E-state index contributed by atoms with van der Waals surface area (Å²) in [6, 6.07) is 10.9. The summed E-state index contributed by atoms with van der Waals surface area (Å²) in [6.07, 6.45) is -0.0159.